The van der Waals surface area contributed by atoms with Gasteiger partial charge in [0.15, 0.2) is 0 Å². The van der Waals surface area contributed by atoms with Crippen LogP contribution in [0.25, 0.3) is 0 Å². The Morgan fingerprint density at radius 3 is 2.60 bits per heavy atom. The van der Waals surface area contributed by atoms with Crippen LogP contribution in [0.15, 0.2) is 24.7 Å². The van der Waals surface area contributed by atoms with Crippen molar-refractivity contribution >= 4 is 23.4 Å². The van der Waals surface area contributed by atoms with Crippen LogP contribution in [0.3, 0.4) is 0 Å². The molecule has 35 heavy (non-hydrogen) atoms. The van der Waals surface area contributed by atoms with Crippen LogP contribution in [-0.2, 0) is 10.2 Å². The SMILES string of the molecule is C[C@@H]1CN(c2ncnc3c2C2(CCC2)CN3c2cc(C#N)ccn2)[C@@H](C)CN1C(=O)C12CCC1C2. The van der Waals surface area contributed by atoms with Crippen LogP contribution in [0.1, 0.15) is 63.5 Å². The van der Waals surface area contributed by atoms with Crippen LogP contribution in [0.5, 0.6) is 0 Å². The molecule has 0 N–H and O–H groups in total. The zero-order valence-electron chi connectivity index (χ0n) is 20.4. The van der Waals surface area contributed by atoms with Crippen LogP contribution in [0, 0.1) is 22.7 Å². The molecule has 0 aromatic carbocycles. The lowest BCUT2D eigenvalue weighted by atomic mass is 9.66. The van der Waals surface area contributed by atoms with Crippen molar-refractivity contribution in [1.82, 2.24) is 19.9 Å². The minimum atomic E-state index is -0.00618. The lowest BCUT2D eigenvalue weighted by molar-refractivity contribution is -0.143. The maximum absolute atomic E-state index is 13.4. The van der Waals surface area contributed by atoms with Crippen LogP contribution < -0.4 is 9.80 Å². The van der Waals surface area contributed by atoms with E-state index in [1.165, 1.54) is 18.4 Å². The normalized spacial score (nSPS) is 31.8. The molecule has 2 aliphatic heterocycles. The summed E-state index contributed by atoms with van der Waals surface area (Å²) in [6.07, 6.45) is 10.2. The molecule has 3 saturated carbocycles. The van der Waals surface area contributed by atoms with Gasteiger partial charge in [-0.05, 0) is 64.0 Å². The van der Waals surface area contributed by atoms with Gasteiger partial charge in [0.25, 0.3) is 0 Å². The average Bonchev–Trinajstić information content (AvgIpc) is 3.21. The Kier molecular flexibility index (Phi) is 4.32. The Balaban J connectivity index is 1.23. The largest absolute Gasteiger partial charge is 0.350 e. The van der Waals surface area contributed by atoms with Gasteiger partial charge in [-0.15, -0.1) is 0 Å². The fraction of sp³-hybridized carbons (Fsp3) is 0.593. The maximum Gasteiger partial charge on any atom is 0.229 e. The number of anilines is 3. The average molecular weight is 470 g/mol. The topological polar surface area (TPSA) is 89.2 Å². The Morgan fingerprint density at radius 2 is 1.94 bits per heavy atom. The monoisotopic (exact) mass is 469 g/mol. The van der Waals surface area contributed by atoms with Gasteiger partial charge in [0.2, 0.25) is 5.91 Å². The molecule has 2 aromatic heterocycles. The van der Waals surface area contributed by atoms with Gasteiger partial charge >= 0.3 is 0 Å². The number of hydrogen-bond acceptors (Lipinski definition) is 7. The summed E-state index contributed by atoms with van der Waals surface area (Å²) < 4.78 is 0. The van der Waals surface area contributed by atoms with Crippen LogP contribution in [0.2, 0.25) is 0 Å². The van der Waals surface area contributed by atoms with Crippen molar-refractivity contribution < 1.29 is 4.79 Å². The quantitative estimate of drug-likeness (QED) is 0.679. The first-order chi connectivity index (χ1) is 17.0. The van der Waals surface area contributed by atoms with E-state index in [2.05, 4.69) is 39.6 Å². The molecule has 1 spiro atoms. The second-order valence-electron chi connectivity index (χ2n) is 11.5. The Hall–Kier alpha value is -3.21. The molecule has 4 heterocycles. The Labute approximate surface area is 206 Å². The van der Waals surface area contributed by atoms with E-state index in [4.69, 9.17) is 9.97 Å². The van der Waals surface area contributed by atoms with Gasteiger partial charge in [0.05, 0.1) is 17.0 Å². The Bertz CT molecular complexity index is 1260. The van der Waals surface area contributed by atoms with E-state index in [0.29, 0.717) is 17.4 Å². The van der Waals surface area contributed by atoms with E-state index in [1.54, 1.807) is 18.6 Å². The van der Waals surface area contributed by atoms with Crippen LogP contribution in [-0.4, -0.2) is 57.5 Å². The number of carbonyl (C=O) groups is 1. The van der Waals surface area contributed by atoms with E-state index < -0.39 is 0 Å². The molecule has 4 fully saturated rings. The molecule has 8 nitrogen and oxygen atoms in total. The van der Waals surface area contributed by atoms with Gasteiger partial charge in [0.1, 0.15) is 23.8 Å². The smallest absolute Gasteiger partial charge is 0.229 e. The van der Waals surface area contributed by atoms with Gasteiger partial charge in [-0.2, -0.15) is 5.26 Å². The van der Waals surface area contributed by atoms with Crippen molar-refractivity contribution in [1.29, 1.82) is 5.26 Å². The number of aromatic nitrogens is 3. The first-order valence-electron chi connectivity index (χ1n) is 13.0. The number of piperazine rings is 1. The zero-order chi connectivity index (χ0) is 23.9. The molecule has 1 saturated heterocycles. The number of rotatable bonds is 3. The van der Waals surface area contributed by atoms with Crippen molar-refractivity contribution in [3.63, 3.8) is 0 Å². The van der Waals surface area contributed by atoms with Gasteiger partial charge < -0.3 is 14.7 Å². The third-order valence-corrected chi connectivity index (χ3v) is 9.63. The van der Waals surface area contributed by atoms with Gasteiger partial charge in [-0.1, -0.05) is 6.42 Å². The second kappa shape index (κ2) is 7.16. The highest BCUT2D eigenvalue weighted by Gasteiger charge is 2.67. The number of carbonyl (C=O) groups excluding carboxylic acids is 1. The molecule has 3 aliphatic carbocycles. The molecule has 0 bridgehead atoms. The molecule has 7 rings (SSSR count). The van der Waals surface area contributed by atoms with Crippen LogP contribution >= 0.6 is 0 Å². The molecule has 180 valence electrons. The minimum absolute atomic E-state index is 0.00618. The highest BCUT2D eigenvalue weighted by atomic mass is 16.2. The molecule has 0 radical (unpaired) electrons. The summed E-state index contributed by atoms with van der Waals surface area (Å²) in [5.74, 6) is 3.76. The maximum atomic E-state index is 13.4. The molecule has 5 aliphatic rings. The first-order valence-corrected chi connectivity index (χ1v) is 13.0. The summed E-state index contributed by atoms with van der Waals surface area (Å²) >= 11 is 0. The van der Waals surface area contributed by atoms with Crippen LogP contribution in [0.4, 0.5) is 17.5 Å². The van der Waals surface area contributed by atoms with Crippen molar-refractivity contribution in [3.8, 4) is 6.07 Å². The van der Waals surface area contributed by atoms with Gasteiger partial charge in [-0.3, -0.25) is 4.79 Å². The molecular weight excluding hydrogens is 438 g/mol. The van der Waals surface area contributed by atoms with E-state index in [1.807, 2.05) is 6.07 Å². The molecule has 4 atom stereocenters. The second-order valence-corrected chi connectivity index (χ2v) is 11.5. The summed E-state index contributed by atoms with van der Waals surface area (Å²) in [5, 5.41) is 9.40. The third-order valence-electron chi connectivity index (χ3n) is 9.63. The predicted molar refractivity (Wildman–Crippen MR) is 131 cm³/mol. The lowest BCUT2D eigenvalue weighted by Crippen LogP contribution is -2.60. The van der Waals surface area contributed by atoms with E-state index in [0.717, 1.165) is 62.8 Å². The van der Waals surface area contributed by atoms with Crippen molar-refractivity contribution in [2.75, 3.05) is 29.4 Å². The third kappa shape index (κ3) is 2.84. The predicted octanol–water partition coefficient (Wildman–Crippen LogP) is 3.54. The summed E-state index contributed by atoms with van der Waals surface area (Å²) in [5.41, 5.74) is 1.85. The molecule has 2 unspecified atom stereocenters. The number of nitrogens with zero attached hydrogens (tertiary/aromatic N) is 7. The molecule has 1 amide bonds. The van der Waals surface area contributed by atoms with Gasteiger partial charge in [-0.25, -0.2) is 15.0 Å². The summed E-state index contributed by atoms with van der Waals surface area (Å²) in [4.78, 5) is 34.3. The van der Waals surface area contributed by atoms with Crippen molar-refractivity contribution in [3.05, 3.63) is 35.8 Å². The minimum Gasteiger partial charge on any atom is -0.350 e. The number of amides is 1. The fourth-order valence-corrected chi connectivity index (χ4v) is 7.20. The Morgan fingerprint density at radius 1 is 1.11 bits per heavy atom. The number of fused-ring (bicyclic) bond motifs is 3. The standard InChI is InChI=1S/C27H31N7O/c1-17-14-33(25(35)27-8-4-20(27)11-27)18(2)13-32(17)23-22-24(31-16-30-23)34(15-26(22)6-3-7-26)21-10-19(12-28)5-9-29-21/h5,9-10,16-18,20H,3-4,6-8,11,13-15H2,1-2H3/t17-,18+,20?,27?/m0/s1. The van der Waals surface area contributed by atoms with E-state index >= 15 is 0 Å². The highest BCUT2D eigenvalue weighted by Crippen LogP contribution is 2.68. The highest BCUT2D eigenvalue weighted by molar-refractivity contribution is 5.88. The summed E-state index contributed by atoms with van der Waals surface area (Å²) in [6, 6.07) is 6.17. The van der Waals surface area contributed by atoms with E-state index in [9.17, 15) is 10.1 Å². The lowest BCUT2D eigenvalue weighted by Gasteiger charge is -2.48. The number of pyridine rings is 1. The van der Waals surface area contributed by atoms with E-state index in [-0.39, 0.29) is 22.9 Å². The van der Waals surface area contributed by atoms with Gasteiger partial charge in [0, 0.05) is 48.9 Å². The number of hydrogen-bond donors (Lipinski definition) is 0. The zero-order valence-corrected chi connectivity index (χ0v) is 20.4. The molecular formula is C27H31N7O. The van der Waals surface area contributed by atoms with Crippen molar-refractivity contribution in [2.45, 2.75) is 69.9 Å². The summed E-state index contributed by atoms with van der Waals surface area (Å²) in [6.45, 7) is 6.77. The summed E-state index contributed by atoms with van der Waals surface area (Å²) in [7, 11) is 0. The molecule has 8 heteroatoms. The molecule has 2 aromatic rings. The fourth-order valence-electron chi connectivity index (χ4n) is 7.20. The van der Waals surface area contributed by atoms with Crippen molar-refractivity contribution in [2.24, 2.45) is 11.3 Å². The first kappa shape index (κ1) is 21.1. The number of nitriles is 1.